The molecule has 0 spiro atoms. The van der Waals surface area contributed by atoms with Crippen molar-refractivity contribution in [2.45, 2.75) is 44.1 Å². The second-order valence-electron chi connectivity index (χ2n) is 17.2. The number of imide groups is 2. The van der Waals surface area contributed by atoms with E-state index in [0.717, 1.165) is 87.2 Å². The summed E-state index contributed by atoms with van der Waals surface area (Å²) >= 11 is 0. The number of rotatable bonds is 3. The highest BCUT2D eigenvalue weighted by Gasteiger charge is 2.39. The van der Waals surface area contributed by atoms with Gasteiger partial charge in [0.1, 0.15) is 6.10 Å². The van der Waals surface area contributed by atoms with Gasteiger partial charge in [-0.2, -0.15) is 0 Å². The van der Waals surface area contributed by atoms with Crippen LogP contribution in [0.5, 0.6) is 0 Å². The van der Waals surface area contributed by atoms with Gasteiger partial charge in [-0.25, -0.2) is 0 Å². The summed E-state index contributed by atoms with van der Waals surface area (Å²) in [7, 11) is 0. The first-order valence-electron chi connectivity index (χ1n) is 21.6. The van der Waals surface area contributed by atoms with Gasteiger partial charge in [-0.1, -0.05) is 91.0 Å². The molecule has 10 aromatic rings. The Bertz CT molecular complexity index is 3930. The minimum absolute atomic E-state index is 0.0507. The van der Waals surface area contributed by atoms with Gasteiger partial charge in [0.15, 0.2) is 0 Å². The number of H-pyrrole nitrogens is 2. The number of esters is 1. The maximum Gasteiger partial charge on any atom is 0.303 e. The van der Waals surface area contributed by atoms with Gasteiger partial charge in [0.25, 0.3) is 23.6 Å². The zero-order chi connectivity index (χ0) is 44.0. The molecule has 14 rings (SSSR count). The molecule has 6 heterocycles. The van der Waals surface area contributed by atoms with Crippen LogP contribution in [0.25, 0.3) is 87.2 Å². The molecule has 13 nitrogen and oxygen atoms in total. The molecule has 316 valence electrons. The summed E-state index contributed by atoms with van der Waals surface area (Å²) < 4.78 is 9.86. The fraction of sp³-hybridized carbons (Fsp3) is 0.135. The second kappa shape index (κ2) is 13.4. The number of carbonyl (C=O) groups excluding carboxylic acids is 5. The van der Waals surface area contributed by atoms with E-state index in [1.54, 1.807) is 0 Å². The van der Waals surface area contributed by atoms with E-state index in [9.17, 15) is 29.1 Å². The highest BCUT2D eigenvalue weighted by atomic mass is 16.5. The van der Waals surface area contributed by atoms with Crippen molar-refractivity contribution in [3.63, 3.8) is 0 Å². The van der Waals surface area contributed by atoms with Crippen LogP contribution in [0.1, 0.15) is 73.3 Å². The van der Waals surface area contributed by atoms with Crippen molar-refractivity contribution in [1.82, 2.24) is 29.7 Å². The normalized spacial score (nSPS) is 20.0. The number of ether oxygens (including phenoxy) is 1. The van der Waals surface area contributed by atoms with E-state index in [1.807, 2.05) is 121 Å². The number of amides is 4. The number of aliphatic hydroxyl groups is 1. The third-order valence-corrected chi connectivity index (χ3v) is 13.6. The fourth-order valence-electron chi connectivity index (χ4n) is 11.2. The molecule has 0 saturated carbocycles. The molecule has 5 N–H and O–H groups in total. The number of aliphatic hydroxyl groups excluding tert-OH is 1. The summed E-state index contributed by atoms with van der Waals surface area (Å²) in [6, 6.07) is 31.4. The van der Waals surface area contributed by atoms with Crippen LogP contribution in [0.4, 0.5) is 0 Å². The maximum atomic E-state index is 13.1. The van der Waals surface area contributed by atoms with E-state index in [2.05, 4.69) is 29.7 Å². The lowest BCUT2D eigenvalue weighted by Crippen LogP contribution is -2.20. The van der Waals surface area contributed by atoms with Crippen LogP contribution < -0.4 is 10.6 Å². The highest BCUT2D eigenvalue weighted by Crippen LogP contribution is 2.48. The minimum Gasteiger partial charge on any atom is -0.458 e. The number of carbonyl (C=O) groups is 5. The molecule has 0 bridgehead atoms. The number of hydrogen-bond acceptors (Lipinski definition) is 7. The van der Waals surface area contributed by atoms with E-state index in [1.165, 1.54) is 6.92 Å². The molecule has 2 unspecified atom stereocenters. The quantitative estimate of drug-likeness (QED) is 0.0669. The fourth-order valence-corrected chi connectivity index (χ4v) is 11.2. The van der Waals surface area contributed by atoms with Crippen molar-refractivity contribution >= 4 is 117 Å². The van der Waals surface area contributed by atoms with E-state index >= 15 is 0 Å². The van der Waals surface area contributed by atoms with Crippen molar-refractivity contribution in [1.29, 1.82) is 0 Å². The average Bonchev–Trinajstić information content (AvgIpc) is 4.18. The third-order valence-electron chi connectivity index (χ3n) is 13.6. The topological polar surface area (TPSA) is 180 Å². The molecule has 2 aliphatic heterocycles. The Morgan fingerprint density at radius 1 is 0.538 bits per heavy atom. The van der Waals surface area contributed by atoms with Crippen molar-refractivity contribution < 1.29 is 33.8 Å². The van der Waals surface area contributed by atoms with Gasteiger partial charge in [0, 0.05) is 84.9 Å². The van der Waals surface area contributed by atoms with E-state index < -0.39 is 6.10 Å². The molecular formula is C52H36N6O7. The van der Waals surface area contributed by atoms with E-state index in [0.29, 0.717) is 35.1 Å². The van der Waals surface area contributed by atoms with Crippen molar-refractivity contribution in [3.8, 4) is 0 Å². The van der Waals surface area contributed by atoms with Gasteiger partial charge >= 0.3 is 5.97 Å². The molecule has 4 aromatic heterocycles. The molecule has 13 heteroatoms. The van der Waals surface area contributed by atoms with Crippen LogP contribution in [-0.4, -0.2) is 66.0 Å². The molecule has 4 aliphatic rings. The van der Waals surface area contributed by atoms with Crippen LogP contribution in [0.2, 0.25) is 0 Å². The summed E-state index contributed by atoms with van der Waals surface area (Å²) in [5.41, 5.74) is 8.88. The lowest BCUT2D eigenvalue weighted by atomic mass is 9.96. The first kappa shape index (κ1) is 37.3. The SMILES string of the molecule is CC(=O)O[C@H]1C=CC(n2c3ccccc3c3c4c(c5c6ccccc6[nH]c5c32)C(=O)NC4=O)C1.O=C1NC(=O)c2c1c1c3ccccc3[nH]c1c1c2c2ccccc2n1C1C=C[C@H](O)C1. The molecule has 2 aliphatic carbocycles. The largest absolute Gasteiger partial charge is 0.458 e. The standard InChI is InChI=1S/C27H19N3O4.C25H17N3O3/c1-13(31)34-15-11-10-14(12-15)30-19-9-5-3-7-17(19)21-23-22(26(32)29-27(23)33)20-16-6-2-4-8-18(16)28-24(20)25(21)30;29-13-10-9-12(11-13)28-17-8-4-2-6-15(17)19-21-20(24(30)27-25(21)31)18-14-5-1-3-7-16(14)26-22(18)23(19)28/h2-11,14-15,28H,12H2,1H3,(H,29,32,33);1-10,12-13,26,29H,11H2,(H,27,30,31)/t14?,15-;12?,13-/m00/s1. The molecule has 4 atom stereocenters. The zero-order valence-electron chi connectivity index (χ0n) is 34.6. The average molecular weight is 857 g/mol. The minimum atomic E-state index is -0.501. The number of para-hydroxylation sites is 4. The van der Waals surface area contributed by atoms with Gasteiger partial charge in [-0.3, -0.25) is 34.6 Å². The monoisotopic (exact) mass is 856 g/mol. The molecular weight excluding hydrogens is 821 g/mol. The van der Waals surface area contributed by atoms with Crippen LogP contribution in [0.3, 0.4) is 0 Å². The number of nitrogens with one attached hydrogen (secondary N) is 4. The smallest absolute Gasteiger partial charge is 0.303 e. The van der Waals surface area contributed by atoms with E-state index in [-0.39, 0.29) is 47.8 Å². The highest BCUT2D eigenvalue weighted by molar-refractivity contribution is 6.41. The van der Waals surface area contributed by atoms with Gasteiger partial charge in [0.2, 0.25) is 0 Å². The summed E-state index contributed by atoms with van der Waals surface area (Å²) in [6.07, 6.45) is 8.15. The maximum absolute atomic E-state index is 13.1. The Morgan fingerprint density at radius 2 is 0.954 bits per heavy atom. The number of benzene rings is 6. The first-order chi connectivity index (χ1) is 31.7. The number of aromatic amines is 2. The molecule has 65 heavy (non-hydrogen) atoms. The molecule has 0 radical (unpaired) electrons. The number of aromatic nitrogens is 4. The third kappa shape index (κ3) is 5.09. The molecule has 4 amide bonds. The number of nitrogens with zero attached hydrogens (tertiary/aromatic N) is 2. The molecule has 0 fully saturated rings. The summed E-state index contributed by atoms with van der Waals surface area (Å²) in [5.74, 6) is -1.78. The van der Waals surface area contributed by atoms with Crippen LogP contribution >= 0.6 is 0 Å². The number of fused-ring (bicyclic) bond motifs is 20. The van der Waals surface area contributed by atoms with Gasteiger partial charge in [-0.05, 0) is 30.3 Å². The summed E-state index contributed by atoms with van der Waals surface area (Å²) in [4.78, 5) is 70.7. The summed E-state index contributed by atoms with van der Waals surface area (Å²) in [5, 5.41) is 21.9. The Morgan fingerprint density at radius 3 is 1.42 bits per heavy atom. The molecule has 6 aromatic carbocycles. The number of allylic oxidation sites excluding steroid dienone is 2. The van der Waals surface area contributed by atoms with Gasteiger partial charge in [-0.15, -0.1) is 0 Å². The van der Waals surface area contributed by atoms with Gasteiger partial charge in [0.05, 0.1) is 62.5 Å². The molecule has 0 saturated heterocycles. The van der Waals surface area contributed by atoms with Crippen LogP contribution in [0, 0.1) is 0 Å². The second-order valence-corrected chi connectivity index (χ2v) is 17.2. The summed E-state index contributed by atoms with van der Waals surface area (Å²) in [6.45, 7) is 1.41. The Labute approximate surface area is 366 Å². The predicted octanol–water partition coefficient (Wildman–Crippen LogP) is 8.92. The lowest BCUT2D eigenvalue weighted by Gasteiger charge is -2.17. The zero-order valence-corrected chi connectivity index (χ0v) is 34.6. The van der Waals surface area contributed by atoms with Crippen molar-refractivity contribution in [3.05, 3.63) is 144 Å². The Balaban J connectivity index is 0.000000131. The first-order valence-corrected chi connectivity index (χ1v) is 21.6. The number of hydrogen-bond donors (Lipinski definition) is 5. The predicted molar refractivity (Wildman–Crippen MR) is 248 cm³/mol. The van der Waals surface area contributed by atoms with Gasteiger partial charge < -0.3 is 28.9 Å². The van der Waals surface area contributed by atoms with Crippen LogP contribution in [-0.2, 0) is 9.53 Å². The van der Waals surface area contributed by atoms with Crippen molar-refractivity contribution in [2.24, 2.45) is 0 Å². The Hall–Kier alpha value is -8.29. The Kier molecular flexibility index (Phi) is 7.66. The van der Waals surface area contributed by atoms with Crippen LogP contribution in [0.15, 0.2) is 121 Å². The van der Waals surface area contributed by atoms with Crippen molar-refractivity contribution in [2.75, 3.05) is 0 Å². The van der Waals surface area contributed by atoms with E-state index in [4.69, 9.17) is 4.74 Å². The lowest BCUT2D eigenvalue weighted by molar-refractivity contribution is -0.144.